The van der Waals surface area contributed by atoms with Crippen LogP contribution in [0.25, 0.3) is 0 Å². The van der Waals surface area contributed by atoms with E-state index in [2.05, 4.69) is 0 Å². The van der Waals surface area contributed by atoms with Gasteiger partial charge in [-0.25, -0.2) is 0 Å². The van der Waals surface area contributed by atoms with E-state index in [4.69, 9.17) is 20.5 Å². The summed E-state index contributed by atoms with van der Waals surface area (Å²) in [6, 6.07) is 4.86. The van der Waals surface area contributed by atoms with Crippen molar-refractivity contribution >= 4 is 18.3 Å². The van der Waals surface area contributed by atoms with Gasteiger partial charge in [0.2, 0.25) is 0 Å². The minimum atomic E-state index is -1.55. The van der Waals surface area contributed by atoms with Crippen LogP contribution >= 0.6 is 0 Å². The second-order valence-electron chi connectivity index (χ2n) is 2.57. The number of para-hydroxylation sites is 1. The molecule has 0 heterocycles. The Balaban J connectivity index is 3.09. The molecule has 0 fully saturated rings. The number of benzene rings is 1. The van der Waals surface area contributed by atoms with Crippen LogP contribution in [0.1, 0.15) is 6.92 Å². The third kappa shape index (κ3) is 2.14. The molecule has 0 aliphatic rings. The zero-order valence-electron chi connectivity index (χ0n) is 7.40. The first-order valence-electron chi connectivity index (χ1n) is 4.04. The van der Waals surface area contributed by atoms with E-state index in [0.717, 1.165) is 0 Å². The van der Waals surface area contributed by atoms with Crippen LogP contribution in [-0.4, -0.2) is 23.8 Å². The number of nitrogens with two attached hydrogens (primary N) is 1. The molecule has 0 aliphatic carbocycles. The molecule has 4 nitrogen and oxygen atoms in total. The van der Waals surface area contributed by atoms with Crippen molar-refractivity contribution in [3.05, 3.63) is 18.2 Å². The monoisotopic (exact) mass is 181 g/mol. The van der Waals surface area contributed by atoms with E-state index in [1.807, 2.05) is 0 Å². The average Bonchev–Trinajstić information content (AvgIpc) is 2.08. The number of rotatable bonds is 3. The molecule has 70 valence electrons. The fourth-order valence-electron chi connectivity index (χ4n) is 1.09. The predicted molar refractivity (Wildman–Crippen MR) is 51.8 cm³/mol. The first-order chi connectivity index (χ1) is 6.16. The Morgan fingerprint density at radius 1 is 1.46 bits per heavy atom. The first-order valence-corrected chi connectivity index (χ1v) is 4.04. The van der Waals surface area contributed by atoms with Gasteiger partial charge in [0.1, 0.15) is 5.75 Å². The Hall–Kier alpha value is -1.20. The van der Waals surface area contributed by atoms with Crippen molar-refractivity contribution in [2.45, 2.75) is 6.92 Å². The minimum absolute atomic E-state index is 0.293. The lowest BCUT2D eigenvalue weighted by molar-refractivity contribution is 0.341. The standard InChI is InChI=1S/C8H12BNO3/c1-2-13-8-6(9(11)12)4-3-5-7(8)10/h3-5,11-12H,2,10H2,1H3. The molecule has 0 amide bonds. The molecule has 1 rings (SSSR count). The summed E-state index contributed by atoms with van der Waals surface area (Å²) >= 11 is 0. The lowest BCUT2D eigenvalue weighted by Gasteiger charge is -2.11. The fraction of sp³-hybridized carbons (Fsp3) is 0.250. The molecule has 0 aliphatic heterocycles. The second-order valence-corrected chi connectivity index (χ2v) is 2.57. The molecule has 0 saturated carbocycles. The number of hydrogen-bond donors (Lipinski definition) is 3. The second kappa shape index (κ2) is 4.16. The average molecular weight is 181 g/mol. The molecule has 4 N–H and O–H groups in total. The zero-order chi connectivity index (χ0) is 9.84. The van der Waals surface area contributed by atoms with Crippen LogP contribution in [-0.2, 0) is 0 Å². The summed E-state index contributed by atoms with van der Waals surface area (Å²) in [5, 5.41) is 18.0. The molecule has 5 heteroatoms. The minimum Gasteiger partial charge on any atom is -0.492 e. The molecule has 0 aromatic heterocycles. The quantitative estimate of drug-likeness (QED) is 0.427. The van der Waals surface area contributed by atoms with Gasteiger partial charge >= 0.3 is 7.12 Å². The molecule has 13 heavy (non-hydrogen) atoms. The number of nitrogen functional groups attached to an aromatic ring is 1. The Morgan fingerprint density at radius 3 is 2.69 bits per heavy atom. The van der Waals surface area contributed by atoms with Crippen LogP contribution < -0.4 is 15.9 Å². The molecular formula is C8H12BNO3. The SMILES string of the molecule is CCOc1c(N)cccc1B(O)O. The highest BCUT2D eigenvalue weighted by Crippen LogP contribution is 2.17. The fourth-order valence-corrected chi connectivity index (χ4v) is 1.09. The molecule has 0 spiro atoms. The summed E-state index contributed by atoms with van der Waals surface area (Å²) in [7, 11) is -1.55. The van der Waals surface area contributed by atoms with E-state index < -0.39 is 7.12 Å². The van der Waals surface area contributed by atoms with Crippen molar-refractivity contribution in [1.82, 2.24) is 0 Å². The molecule has 1 aromatic rings. The van der Waals surface area contributed by atoms with Gasteiger partial charge in [0.05, 0.1) is 12.3 Å². The summed E-state index contributed by atoms with van der Waals surface area (Å²) in [6.07, 6.45) is 0. The number of ether oxygens (including phenoxy) is 1. The van der Waals surface area contributed by atoms with E-state index in [-0.39, 0.29) is 0 Å². The van der Waals surface area contributed by atoms with Crippen molar-refractivity contribution in [3.8, 4) is 5.75 Å². The lowest BCUT2D eigenvalue weighted by Crippen LogP contribution is -2.31. The molecule has 0 saturated heterocycles. The van der Waals surface area contributed by atoms with Gasteiger partial charge in [-0.05, 0) is 13.0 Å². The van der Waals surface area contributed by atoms with E-state index in [0.29, 0.717) is 23.5 Å². The van der Waals surface area contributed by atoms with Crippen molar-refractivity contribution in [2.24, 2.45) is 0 Å². The van der Waals surface area contributed by atoms with Crippen LogP contribution in [0.3, 0.4) is 0 Å². The van der Waals surface area contributed by atoms with Crippen molar-refractivity contribution < 1.29 is 14.8 Å². The summed E-state index contributed by atoms with van der Waals surface area (Å²) in [4.78, 5) is 0. The van der Waals surface area contributed by atoms with Crippen LogP contribution in [0.4, 0.5) is 5.69 Å². The molecular weight excluding hydrogens is 169 g/mol. The van der Waals surface area contributed by atoms with Crippen molar-refractivity contribution in [2.75, 3.05) is 12.3 Å². The van der Waals surface area contributed by atoms with Gasteiger partial charge in [-0.1, -0.05) is 12.1 Å². The van der Waals surface area contributed by atoms with E-state index in [9.17, 15) is 0 Å². The maximum atomic E-state index is 8.98. The summed E-state index contributed by atoms with van der Waals surface area (Å²) in [6.45, 7) is 2.24. The van der Waals surface area contributed by atoms with Gasteiger partial charge in [0.25, 0.3) is 0 Å². The van der Waals surface area contributed by atoms with E-state index >= 15 is 0 Å². The van der Waals surface area contributed by atoms with Gasteiger partial charge in [-0.3, -0.25) is 0 Å². The Morgan fingerprint density at radius 2 is 2.15 bits per heavy atom. The number of anilines is 1. The number of hydrogen-bond acceptors (Lipinski definition) is 4. The molecule has 0 atom stereocenters. The molecule has 0 bridgehead atoms. The highest BCUT2D eigenvalue weighted by molar-refractivity contribution is 6.60. The van der Waals surface area contributed by atoms with Gasteiger partial charge in [0.15, 0.2) is 0 Å². The van der Waals surface area contributed by atoms with Crippen molar-refractivity contribution in [1.29, 1.82) is 0 Å². The maximum Gasteiger partial charge on any atom is 0.492 e. The van der Waals surface area contributed by atoms with Crippen LogP contribution in [0.15, 0.2) is 18.2 Å². The predicted octanol–water partition coefficient (Wildman–Crippen LogP) is -0.653. The normalized spacial score (nSPS) is 9.77. The van der Waals surface area contributed by atoms with Gasteiger partial charge in [-0.15, -0.1) is 0 Å². The summed E-state index contributed by atoms with van der Waals surface area (Å²) < 4.78 is 5.18. The Kier molecular flexibility index (Phi) is 3.16. The van der Waals surface area contributed by atoms with E-state index in [1.165, 1.54) is 0 Å². The third-order valence-corrected chi connectivity index (χ3v) is 1.64. The highest BCUT2D eigenvalue weighted by atomic mass is 16.5. The Labute approximate surface area is 77.1 Å². The summed E-state index contributed by atoms with van der Waals surface area (Å²) in [5.74, 6) is 0.347. The largest absolute Gasteiger partial charge is 0.492 e. The zero-order valence-corrected chi connectivity index (χ0v) is 7.40. The van der Waals surface area contributed by atoms with Crippen molar-refractivity contribution in [3.63, 3.8) is 0 Å². The third-order valence-electron chi connectivity index (χ3n) is 1.64. The van der Waals surface area contributed by atoms with Gasteiger partial charge in [0, 0.05) is 5.46 Å². The van der Waals surface area contributed by atoms with Gasteiger partial charge < -0.3 is 20.5 Å². The van der Waals surface area contributed by atoms with Crippen LogP contribution in [0.2, 0.25) is 0 Å². The first kappa shape index (κ1) is 9.89. The van der Waals surface area contributed by atoms with Gasteiger partial charge in [-0.2, -0.15) is 0 Å². The maximum absolute atomic E-state index is 8.98. The smallest absolute Gasteiger partial charge is 0.492 e. The molecule has 0 radical (unpaired) electrons. The topological polar surface area (TPSA) is 75.7 Å². The molecule has 1 aromatic carbocycles. The lowest BCUT2D eigenvalue weighted by atomic mass is 9.79. The van der Waals surface area contributed by atoms with E-state index in [1.54, 1.807) is 25.1 Å². The van der Waals surface area contributed by atoms with Crippen LogP contribution in [0, 0.1) is 0 Å². The highest BCUT2D eigenvalue weighted by Gasteiger charge is 2.18. The Bertz CT molecular complexity index is 291. The molecule has 0 unspecified atom stereocenters. The summed E-state index contributed by atoms with van der Waals surface area (Å²) in [5.41, 5.74) is 6.30. The van der Waals surface area contributed by atoms with Crippen LogP contribution in [0.5, 0.6) is 5.75 Å².